The van der Waals surface area contributed by atoms with Crippen molar-refractivity contribution in [3.8, 4) is 0 Å². The van der Waals surface area contributed by atoms with E-state index in [-0.39, 0.29) is 0 Å². The topological polar surface area (TPSA) is 39.1 Å². The first-order valence-corrected chi connectivity index (χ1v) is 7.00. The molecule has 1 aromatic rings. The molecule has 1 aliphatic heterocycles. The largest absolute Gasteiger partial charge is 0.381 e. The van der Waals surface area contributed by atoms with Crippen molar-refractivity contribution in [3.63, 3.8) is 0 Å². The van der Waals surface area contributed by atoms with Crippen LogP contribution in [0.4, 0.5) is 0 Å². The lowest BCUT2D eigenvalue weighted by molar-refractivity contribution is 0.0105. The van der Waals surface area contributed by atoms with Gasteiger partial charge in [0.1, 0.15) is 5.82 Å². The second-order valence-electron chi connectivity index (χ2n) is 5.35. The molecule has 0 atom stereocenters. The van der Waals surface area contributed by atoms with Crippen LogP contribution in [0.3, 0.4) is 0 Å². The highest BCUT2D eigenvalue weighted by Gasteiger charge is 2.32. The fraction of sp³-hybridized carbons (Fsp3) is 0.786. The average molecular weight is 251 g/mol. The summed E-state index contributed by atoms with van der Waals surface area (Å²) in [6.45, 7) is 6.14. The second kappa shape index (κ2) is 6.34. The van der Waals surface area contributed by atoms with Gasteiger partial charge in [-0.15, -0.1) is 0 Å². The Morgan fingerprint density at radius 3 is 2.83 bits per heavy atom. The Hall–Kier alpha value is -0.870. The Morgan fingerprint density at radius 2 is 2.22 bits per heavy atom. The van der Waals surface area contributed by atoms with Gasteiger partial charge in [0.15, 0.2) is 0 Å². The van der Waals surface area contributed by atoms with E-state index in [1.807, 2.05) is 12.4 Å². The van der Waals surface area contributed by atoms with E-state index >= 15 is 0 Å². The van der Waals surface area contributed by atoms with Crippen molar-refractivity contribution >= 4 is 0 Å². The van der Waals surface area contributed by atoms with Crippen LogP contribution >= 0.6 is 0 Å². The molecule has 0 spiro atoms. The number of aryl methyl sites for hydroxylation is 2. The number of nitrogens with one attached hydrogen (secondary N) is 1. The number of ether oxygens (including phenoxy) is 1. The van der Waals surface area contributed by atoms with Crippen molar-refractivity contribution in [1.82, 2.24) is 14.9 Å². The number of aromatic nitrogens is 2. The monoisotopic (exact) mass is 251 g/mol. The smallest absolute Gasteiger partial charge is 0.108 e. The molecule has 0 radical (unpaired) electrons. The van der Waals surface area contributed by atoms with Gasteiger partial charge in [0, 0.05) is 45.6 Å². The molecule has 1 fully saturated rings. The zero-order chi connectivity index (χ0) is 12.8. The van der Waals surface area contributed by atoms with Gasteiger partial charge in [-0.25, -0.2) is 4.98 Å². The molecule has 1 N–H and O–H groups in total. The van der Waals surface area contributed by atoms with Gasteiger partial charge in [-0.1, -0.05) is 6.92 Å². The molecule has 1 aliphatic rings. The summed E-state index contributed by atoms with van der Waals surface area (Å²) >= 11 is 0. The number of nitrogens with zero attached hydrogens (tertiary/aromatic N) is 2. The van der Waals surface area contributed by atoms with Crippen molar-refractivity contribution in [2.24, 2.45) is 12.5 Å². The Labute approximate surface area is 110 Å². The molecule has 0 aliphatic carbocycles. The second-order valence-corrected chi connectivity index (χ2v) is 5.35. The summed E-state index contributed by atoms with van der Waals surface area (Å²) < 4.78 is 7.64. The molecule has 0 unspecified atom stereocenters. The van der Waals surface area contributed by atoms with E-state index in [0.717, 1.165) is 32.7 Å². The zero-order valence-corrected chi connectivity index (χ0v) is 11.6. The minimum Gasteiger partial charge on any atom is -0.381 e. The molecule has 18 heavy (non-hydrogen) atoms. The van der Waals surface area contributed by atoms with Gasteiger partial charge in [0.25, 0.3) is 0 Å². The van der Waals surface area contributed by atoms with Gasteiger partial charge in [0.2, 0.25) is 0 Å². The van der Waals surface area contributed by atoms with Crippen molar-refractivity contribution < 1.29 is 4.74 Å². The minimum atomic E-state index is 0.403. The van der Waals surface area contributed by atoms with Crippen LogP contribution in [-0.2, 0) is 18.2 Å². The summed E-state index contributed by atoms with van der Waals surface area (Å²) in [6.07, 6.45) is 8.52. The maximum Gasteiger partial charge on any atom is 0.108 e. The summed E-state index contributed by atoms with van der Waals surface area (Å²) in [4.78, 5) is 4.42. The van der Waals surface area contributed by atoms with Crippen LogP contribution in [0.1, 0.15) is 32.0 Å². The molecule has 2 heterocycles. The summed E-state index contributed by atoms with van der Waals surface area (Å²) in [5, 5.41) is 3.52. The predicted molar refractivity (Wildman–Crippen MR) is 72.6 cm³/mol. The number of hydrogen-bond acceptors (Lipinski definition) is 3. The lowest BCUT2D eigenvalue weighted by Gasteiger charge is -2.37. The molecule has 4 heteroatoms. The molecule has 0 amide bonds. The SMILES string of the molecule is CCNCC1(CCc2nccn2C)CCOCC1. The van der Waals surface area contributed by atoms with Gasteiger partial charge >= 0.3 is 0 Å². The quantitative estimate of drug-likeness (QED) is 0.837. The standard InChI is InChI=1S/C14H25N3O/c1-3-15-12-14(6-10-18-11-7-14)5-4-13-16-8-9-17(13)2/h8-9,15H,3-7,10-12H2,1-2H3. The number of rotatable bonds is 6. The first-order valence-electron chi connectivity index (χ1n) is 7.00. The third kappa shape index (κ3) is 3.33. The van der Waals surface area contributed by atoms with E-state index in [2.05, 4.69) is 28.8 Å². The Morgan fingerprint density at radius 1 is 1.44 bits per heavy atom. The number of hydrogen-bond donors (Lipinski definition) is 1. The molecule has 0 aromatic carbocycles. The Balaban J connectivity index is 1.94. The van der Waals surface area contributed by atoms with Gasteiger partial charge in [-0.3, -0.25) is 0 Å². The minimum absolute atomic E-state index is 0.403. The van der Waals surface area contributed by atoms with E-state index in [9.17, 15) is 0 Å². The van der Waals surface area contributed by atoms with Gasteiger partial charge in [0.05, 0.1) is 0 Å². The molecule has 0 saturated carbocycles. The van der Waals surface area contributed by atoms with Gasteiger partial charge in [-0.05, 0) is 31.2 Å². The van der Waals surface area contributed by atoms with Crippen molar-refractivity contribution in [2.75, 3.05) is 26.3 Å². The lowest BCUT2D eigenvalue weighted by atomic mass is 9.76. The van der Waals surface area contributed by atoms with E-state index in [4.69, 9.17) is 4.74 Å². The molecule has 102 valence electrons. The normalized spacial score (nSPS) is 19.0. The maximum absolute atomic E-state index is 5.52. The lowest BCUT2D eigenvalue weighted by Crippen LogP contribution is -2.39. The summed E-state index contributed by atoms with van der Waals surface area (Å²) in [6, 6.07) is 0. The highest BCUT2D eigenvalue weighted by molar-refractivity contribution is 4.94. The van der Waals surface area contributed by atoms with Crippen molar-refractivity contribution in [2.45, 2.75) is 32.6 Å². The highest BCUT2D eigenvalue weighted by atomic mass is 16.5. The molecular formula is C14H25N3O. The van der Waals surface area contributed by atoms with E-state index in [1.54, 1.807) is 0 Å². The summed E-state index contributed by atoms with van der Waals surface area (Å²) in [7, 11) is 2.07. The van der Waals surface area contributed by atoms with Crippen LogP contribution in [0.15, 0.2) is 12.4 Å². The van der Waals surface area contributed by atoms with Crippen LogP contribution in [-0.4, -0.2) is 35.9 Å². The summed E-state index contributed by atoms with van der Waals surface area (Å²) in [5.74, 6) is 1.19. The predicted octanol–water partition coefficient (Wildman–Crippen LogP) is 1.76. The van der Waals surface area contributed by atoms with Crippen LogP contribution in [0.2, 0.25) is 0 Å². The zero-order valence-electron chi connectivity index (χ0n) is 11.6. The average Bonchev–Trinajstić information content (AvgIpc) is 2.81. The highest BCUT2D eigenvalue weighted by Crippen LogP contribution is 2.34. The van der Waals surface area contributed by atoms with Crippen LogP contribution in [0.5, 0.6) is 0 Å². The van der Waals surface area contributed by atoms with E-state index < -0.39 is 0 Å². The third-order valence-electron chi connectivity index (χ3n) is 4.10. The van der Waals surface area contributed by atoms with E-state index in [0.29, 0.717) is 5.41 Å². The fourth-order valence-corrected chi connectivity index (χ4v) is 2.72. The van der Waals surface area contributed by atoms with Crippen LogP contribution in [0, 0.1) is 5.41 Å². The summed E-state index contributed by atoms with van der Waals surface area (Å²) in [5.41, 5.74) is 0.403. The van der Waals surface area contributed by atoms with Crippen molar-refractivity contribution in [1.29, 1.82) is 0 Å². The first kappa shape index (κ1) is 13.6. The first-order chi connectivity index (χ1) is 8.76. The van der Waals surface area contributed by atoms with Gasteiger partial charge in [-0.2, -0.15) is 0 Å². The molecule has 0 bridgehead atoms. The molecule has 2 rings (SSSR count). The molecular weight excluding hydrogens is 226 g/mol. The molecule has 4 nitrogen and oxygen atoms in total. The number of imidazole rings is 1. The third-order valence-corrected chi connectivity index (χ3v) is 4.10. The molecule has 1 aromatic heterocycles. The van der Waals surface area contributed by atoms with Crippen LogP contribution in [0.25, 0.3) is 0 Å². The van der Waals surface area contributed by atoms with E-state index in [1.165, 1.54) is 25.1 Å². The Kier molecular flexibility index (Phi) is 4.78. The fourth-order valence-electron chi connectivity index (χ4n) is 2.72. The van der Waals surface area contributed by atoms with Crippen LogP contribution < -0.4 is 5.32 Å². The molecule has 1 saturated heterocycles. The maximum atomic E-state index is 5.52. The van der Waals surface area contributed by atoms with Crippen molar-refractivity contribution in [3.05, 3.63) is 18.2 Å². The van der Waals surface area contributed by atoms with Gasteiger partial charge < -0.3 is 14.6 Å². The Bertz CT molecular complexity index is 356.